The van der Waals surface area contributed by atoms with Crippen molar-refractivity contribution in [1.29, 1.82) is 0 Å². The molecule has 0 radical (unpaired) electrons. The first-order chi connectivity index (χ1) is 14.4. The Hall–Kier alpha value is -3.15. The minimum absolute atomic E-state index is 0.0255. The second-order valence-electron chi connectivity index (χ2n) is 6.62. The van der Waals surface area contributed by atoms with E-state index in [1.165, 1.54) is 11.1 Å². The predicted molar refractivity (Wildman–Crippen MR) is 114 cm³/mol. The van der Waals surface area contributed by atoms with Crippen LogP contribution in [0.25, 0.3) is 0 Å². The highest BCUT2D eigenvalue weighted by Gasteiger charge is 2.20. The van der Waals surface area contributed by atoms with Gasteiger partial charge in [0.1, 0.15) is 5.44 Å². The van der Waals surface area contributed by atoms with Crippen LogP contribution in [0.2, 0.25) is 0 Å². The average Bonchev–Trinajstić information content (AvgIpc) is 3.17. The normalized spacial score (nSPS) is 12.5. The number of aromatic nitrogens is 3. The van der Waals surface area contributed by atoms with E-state index in [0.29, 0.717) is 16.7 Å². The molecule has 0 unspecified atom stereocenters. The monoisotopic (exact) mass is 424 g/mol. The van der Waals surface area contributed by atoms with Gasteiger partial charge in [-0.1, -0.05) is 53.9 Å². The fourth-order valence-electron chi connectivity index (χ4n) is 2.66. The van der Waals surface area contributed by atoms with E-state index in [-0.39, 0.29) is 12.5 Å². The van der Waals surface area contributed by atoms with Crippen molar-refractivity contribution in [3.8, 4) is 11.8 Å². The third kappa shape index (κ3) is 5.92. The lowest BCUT2D eigenvalue weighted by Crippen LogP contribution is -2.33. The van der Waals surface area contributed by atoms with Crippen LogP contribution in [-0.2, 0) is 7.05 Å². The molecular formula is C22H21FN4O2S. The minimum atomic E-state index is -1.38. The number of likely N-dealkylation sites (N-methyl/N-ethyl adjacent to an activating group) is 1. The topological polar surface area (TPSA) is 71.2 Å². The average molecular weight is 425 g/mol. The number of amides is 1. The fourth-order valence-corrected chi connectivity index (χ4v) is 3.56. The Morgan fingerprint density at radius 1 is 1.23 bits per heavy atom. The molecular weight excluding hydrogens is 403 g/mol. The number of nitrogens with zero attached hydrogens (tertiary/aromatic N) is 4. The molecule has 154 valence electrons. The molecule has 1 amide bonds. The van der Waals surface area contributed by atoms with E-state index in [0.717, 1.165) is 17.3 Å². The zero-order chi connectivity index (χ0) is 21.5. The molecule has 0 aliphatic heterocycles. The molecule has 0 aliphatic carbocycles. The Bertz CT molecular complexity index is 1060. The number of aryl methyl sites for hydroxylation is 1. The van der Waals surface area contributed by atoms with E-state index in [1.54, 1.807) is 73.8 Å². The van der Waals surface area contributed by atoms with Gasteiger partial charge in [0.25, 0.3) is 5.91 Å². The van der Waals surface area contributed by atoms with Crippen LogP contribution < -0.4 is 0 Å². The van der Waals surface area contributed by atoms with Crippen molar-refractivity contribution in [1.82, 2.24) is 19.7 Å². The van der Waals surface area contributed by atoms with Crippen LogP contribution in [-0.4, -0.2) is 49.7 Å². The number of halogens is 1. The molecule has 2 heterocycles. The Labute approximate surface area is 178 Å². The number of aliphatic hydroxyl groups is 1. The molecule has 1 aromatic carbocycles. The Balaban J connectivity index is 1.61. The van der Waals surface area contributed by atoms with E-state index in [2.05, 4.69) is 21.9 Å². The first kappa shape index (κ1) is 21.6. The summed E-state index contributed by atoms with van der Waals surface area (Å²) >= 11 is 0.754. The Morgan fingerprint density at radius 3 is 2.67 bits per heavy atom. The van der Waals surface area contributed by atoms with Gasteiger partial charge in [0.2, 0.25) is 0 Å². The van der Waals surface area contributed by atoms with Crippen molar-refractivity contribution in [2.24, 2.45) is 7.05 Å². The van der Waals surface area contributed by atoms with Crippen molar-refractivity contribution in [2.75, 3.05) is 13.6 Å². The van der Waals surface area contributed by atoms with Gasteiger partial charge in [-0.2, -0.15) is 5.10 Å². The number of alkyl halides is 1. The molecule has 1 N–H and O–H groups in total. The number of thioether (sulfide) groups is 1. The third-order valence-corrected chi connectivity index (χ3v) is 5.13. The fraction of sp³-hybridized carbons (Fsp3) is 0.227. The molecule has 6 nitrogen and oxygen atoms in total. The number of benzene rings is 1. The van der Waals surface area contributed by atoms with Crippen molar-refractivity contribution in [3.63, 3.8) is 0 Å². The zero-order valence-electron chi connectivity index (χ0n) is 16.6. The summed E-state index contributed by atoms with van der Waals surface area (Å²) in [6, 6.07) is 10.2. The van der Waals surface area contributed by atoms with Crippen molar-refractivity contribution in [3.05, 3.63) is 83.4 Å². The maximum atomic E-state index is 14.3. The van der Waals surface area contributed by atoms with Crippen LogP contribution in [0.3, 0.4) is 0 Å². The molecule has 30 heavy (non-hydrogen) atoms. The molecule has 2 atom stereocenters. The van der Waals surface area contributed by atoms with Gasteiger partial charge >= 0.3 is 0 Å². The smallest absolute Gasteiger partial charge is 0.255 e. The SMILES string of the molecule is CN(C[C@@H](O)S[C@@H](F)c1ccccc1)C(=O)c1cncc(C#Cc2cnn(C)c2)c1. The molecule has 8 heteroatoms. The largest absolute Gasteiger partial charge is 0.380 e. The second-order valence-corrected chi connectivity index (χ2v) is 7.85. The lowest BCUT2D eigenvalue weighted by molar-refractivity contribution is 0.0750. The van der Waals surface area contributed by atoms with E-state index in [4.69, 9.17) is 0 Å². The van der Waals surface area contributed by atoms with Crippen LogP contribution in [0.5, 0.6) is 0 Å². The number of hydrogen-bond acceptors (Lipinski definition) is 5. The summed E-state index contributed by atoms with van der Waals surface area (Å²) in [6.07, 6.45) is 6.44. The van der Waals surface area contributed by atoms with E-state index in [1.807, 2.05) is 0 Å². The highest BCUT2D eigenvalue weighted by atomic mass is 32.2. The molecule has 0 aliphatic rings. The number of rotatable bonds is 6. The van der Waals surface area contributed by atoms with Crippen LogP contribution in [0.1, 0.15) is 32.6 Å². The number of aliphatic hydroxyl groups excluding tert-OH is 1. The summed E-state index contributed by atoms with van der Waals surface area (Å²) in [6.45, 7) is -0.0255. The summed E-state index contributed by atoms with van der Waals surface area (Å²) < 4.78 is 16.0. The minimum Gasteiger partial charge on any atom is -0.380 e. The molecule has 3 aromatic rings. The molecule has 2 aromatic heterocycles. The highest BCUT2D eigenvalue weighted by molar-refractivity contribution is 7.99. The van der Waals surface area contributed by atoms with Crippen LogP contribution in [0.4, 0.5) is 4.39 Å². The number of carbonyl (C=O) groups excluding carboxylic acids is 1. The maximum Gasteiger partial charge on any atom is 0.255 e. The van der Waals surface area contributed by atoms with Crippen LogP contribution >= 0.6 is 11.8 Å². The van der Waals surface area contributed by atoms with E-state index < -0.39 is 10.9 Å². The van der Waals surface area contributed by atoms with Crippen molar-refractivity contribution < 1.29 is 14.3 Å². The Morgan fingerprint density at radius 2 is 1.97 bits per heavy atom. The summed E-state index contributed by atoms with van der Waals surface area (Å²) in [5, 5.41) is 14.2. The second kappa shape index (κ2) is 10.1. The first-order valence-electron chi connectivity index (χ1n) is 9.16. The molecule has 0 saturated heterocycles. The maximum absolute atomic E-state index is 14.3. The van der Waals surface area contributed by atoms with Gasteiger partial charge in [0.15, 0.2) is 5.50 Å². The highest BCUT2D eigenvalue weighted by Crippen LogP contribution is 2.32. The van der Waals surface area contributed by atoms with Crippen LogP contribution in [0, 0.1) is 11.8 Å². The molecule has 3 rings (SSSR count). The van der Waals surface area contributed by atoms with Crippen LogP contribution in [0.15, 0.2) is 61.2 Å². The Kier molecular flexibility index (Phi) is 7.22. The summed E-state index contributed by atoms with van der Waals surface area (Å²) in [7, 11) is 3.36. The molecule has 0 saturated carbocycles. The lowest BCUT2D eigenvalue weighted by atomic mass is 10.2. The summed E-state index contributed by atoms with van der Waals surface area (Å²) in [5.74, 6) is 5.59. The van der Waals surface area contributed by atoms with Crippen molar-refractivity contribution >= 4 is 17.7 Å². The van der Waals surface area contributed by atoms with Crippen molar-refractivity contribution in [2.45, 2.75) is 10.9 Å². The number of carbonyl (C=O) groups is 1. The van der Waals surface area contributed by atoms with Gasteiger partial charge in [-0.05, 0) is 11.6 Å². The van der Waals surface area contributed by atoms with Gasteiger partial charge in [0.05, 0.1) is 23.9 Å². The predicted octanol–water partition coefficient (Wildman–Crippen LogP) is 3.01. The van der Waals surface area contributed by atoms with Gasteiger partial charge in [-0.3, -0.25) is 14.5 Å². The zero-order valence-corrected chi connectivity index (χ0v) is 17.4. The molecule has 0 bridgehead atoms. The van der Waals surface area contributed by atoms with Gasteiger partial charge in [-0.15, -0.1) is 0 Å². The van der Waals surface area contributed by atoms with E-state index in [9.17, 15) is 14.3 Å². The van der Waals surface area contributed by atoms with Gasteiger partial charge < -0.3 is 10.0 Å². The van der Waals surface area contributed by atoms with E-state index >= 15 is 0 Å². The molecule has 0 spiro atoms. The quantitative estimate of drug-likeness (QED) is 0.487. The summed E-state index contributed by atoms with van der Waals surface area (Å²) in [4.78, 5) is 18.1. The molecule has 0 fully saturated rings. The third-order valence-electron chi connectivity index (χ3n) is 4.16. The van der Waals surface area contributed by atoms with Gasteiger partial charge in [0, 0.05) is 38.2 Å². The summed E-state index contributed by atoms with van der Waals surface area (Å²) in [5.41, 5.74) is -0.299. The first-order valence-corrected chi connectivity index (χ1v) is 10.1. The number of pyridine rings is 1. The number of hydrogen-bond donors (Lipinski definition) is 1. The van der Waals surface area contributed by atoms with Gasteiger partial charge in [-0.25, -0.2) is 4.39 Å². The standard InChI is InChI=1S/C22H21FN4O2S/c1-26(15-20(28)30-21(23)18-6-4-3-5-7-18)22(29)19-10-16(11-24-13-19)8-9-17-12-25-27(2)14-17/h3-7,10-14,20-21,28H,15H2,1-2H3/t20-,21+/m0/s1. The lowest BCUT2D eigenvalue weighted by Gasteiger charge is -2.21.